The lowest BCUT2D eigenvalue weighted by atomic mass is 9.94. The number of nitrogens with one attached hydrogen (secondary N) is 2. The highest BCUT2D eigenvalue weighted by Gasteiger charge is 2.18. The molecule has 4 aromatic rings. The Morgan fingerprint density at radius 3 is 2.52 bits per heavy atom. The van der Waals surface area contributed by atoms with Gasteiger partial charge in [-0.25, -0.2) is 4.79 Å². The van der Waals surface area contributed by atoms with Crippen LogP contribution >= 0.6 is 11.3 Å². The minimum Gasteiger partial charge on any atom is -0.496 e. The Morgan fingerprint density at radius 2 is 1.85 bits per heavy atom. The molecule has 1 atom stereocenters. The molecule has 7 heteroatoms. The predicted octanol–water partition coefficient (Wildman–Crippen LogP) is 6.05. The molecule has 1 amide bonds. The van der Waals surface area contributed by atoms with Gasteiger partial charge in [-0.15, -0.1) is 11.3 Å². The van der Waals surface area contributed by atoms with Crippen molar-refractivity contribution in [1.82, 2.24) is 10.3 Å². The highest BCUT2D eigenvalue weighted by atomic mass is 32.1. The van der Waals surface area contributed by atoms with E-state index in [9.17, 15) is 9.59 Å². The lowest BCUT2D eigenvalue weighted by molar-refractivity contribution is 0.0525. The van der Waals surface area contributed by atoms with E-state index in [1.807, 2.05) is 44.4 Å². The third-order valence-electron chi connectivity index (χ3n) is 5.50. The van der Waals surface area contributed by atoms with Gasteiger partial charge in [0.15, 0.2) is 0 Å². The molecule has 33 heavy (non-hydrogen) atoms. The third-order valence-corrected chi connectivity index (χ3v) is 6.41. The van der Waals surface area contributed by atoms with Crippen LogP contribution < -0.4 is 15.6 Å². The molecule has 2 aromatic heterocycles. The average molecular weight is 465 g/mol. The number of aromatic nitrogens is 1. The quantitative estimate of drug-likeness (QED) is 0.377. The van der Waals surface area contributed by atoms with Crippen LogP contribution in [0.1, 0.15) is 39.2 Å². The Kier molecular flexibility index (Phi) is 6.17. The molecule has 2 aromatic carbocycles. The zero-order valence-electron chi connectivity index (χ0n) is 19.4. The van der Waals surface area contributed by atoms with Crippen LogP contribution in [0.15, 0.2) is 52.6 Å². The summed E-state index contributed by atoms with van der Waals surface area (Å²) in [5.74, 6) is 0.857. The number of methoxy groups -OCH3 is 1. The van der Waals surface area contributed by atoms with Gasteiger partial charge in [0.05, 0.1) is 7.11 Å². The number of hydrogen-bond donors (Lipinski definition) is 2. The monoisotopic (exact) mass is 464 g/mol. The summed E-state index contributed by atoms with van der Waals surface area (Å²) >= 11 is 1.43. The molecule has 0 saturated carbocycles. The maximum absolute atomic E-state index is 12.4. The van der Waals surface area contributed by atoms with Crippen LogP contribution in [0.2, 0.25) is 0 Å². The Bertz CT molecular complexity index is 1360. The second kappa shape index (κ2) is 8.90. The van der Waals surface area contributed by atoms with E-state index in [0.717, 1.165) is 38.7 Å². The number of thiophene rings is 1. The Hall–Kier alpha value is -3.32. The average Bonchev–Trinajstić information content (AvgIpc) is 3.26. The van der Waals surface area contributed by atoms with Gasteiger partial charge in [-0.05, 0) is 61.4 Å². The summed E-state index contributed by atoms with van der Waals surface area (Å²) in [5, 5.41) is 6.66. The minimum atomic E-state index is -0.523. The fourth-order valence-electron chi connectivity index (χ4n) is 3.93. The summed E-state index contributed by atoms with van der Waals surface area (Å²) in [4.78, 5) is 27.4. The second-order valence-corrected chi connectivity index (χ2v) is 10.0. The van der Waals surface area contributed by atoms with Gasteiger partial charge in [0.1, 0.15) is 16.1 Å². The first-order chi connectivity index (χ1) is 15.7. The van der Waals surface area contributed by atoms with Crippen molar-refractivity contribution in [3.63, 3.8) is 0 Å². The summed E-state index contributed by atoms with van der Waals surface area (Å²) in [6.45, 7) is 8.06. The van der Waals surface area contributed by atoms with Gasteiger partial charge >= 0.3 is 6.09 Å². The van der Waals surface area contributed by atoms with E-state index in [2.05, 4.69) is 41.5 Å². The Morgan fingerprint density at radius 1 is 1.12 bits per heavy atom. The van der Waals surface area contributed by atoms with E-state index in [0.29, 0.717) is 11.2 Å². The molecule has 6 nitrogen and oxygen atoms in total. The molecule has 0 radical (unpaired) electrons. The van der Waals surface area contributed by atoms with E-state index >= 15 is 0 Å². The molecular formula is C26H28N2O4S. The molecule has 0 saturated heterocycles. The zero-order valence-corrected chi connectivity index (χ0v) is 20.3. The van der Waals surface area contributed by atoms with Crippen molar-refractivity contribution in [2.75, 3.05) is 13.7 Å². The number of pyridine rings is 1. The lowest BCUT2D eigenvalue weighted by Gasteiger charge is -2.21. The van der Waals surface area contributed by atoms with Crippen molar-refractivity contribution in [1.29, 1.82) is 0 Å². The molecule has 0 unspecified atom stereocenters. The third kappa shape index (κ3) is 4.73. The zero-order chi connectivity index (χ0) is 23.8. The van der Waals surface area contributed by atoms with Gasteiger partial charge < -0.3 is 19.8 Å². The fraction of sp³-hybridized carbons (Fsp3) is 0.308. The summed E-state index contributed by atoms with van der Waals surface area (Å²) in [7, 11) is 1.65. The topological polar surface area (TPSA) is 80.4 Å². The largest absolute Gasteiger partial charge is 0.496 e. The summed E-state index contributed by atoms with van der Waals surface area (Å²) < 4.78 is 11.7. The first kappa shape index (κ1) is 22.9. The van der Waals surface area contributed by atoms with Crippen LogP contribution in [-0.2, 0) is 4.74 Å². The molecule has 0 aliphatic rings. The van der Waals surface area contributed by atoms with Gasteiger partial charge in [0.25, 0.3) is 5.56 Å². The first-order valence-electron chi connectivity index (χ1n) is 10.9. The number of benzene rings is 2. The number of alkyl carbamates (subject to hydrolysis) is 1. The van der Waals surface area contributed by atoms with Gasteiger partial charge in [0.2, 0.25) is 0 Å². The molecule has 2 heterocycles. The maximum Gasteiger partial charge on any atom is 0.407 e. The molecule has 0 bridgehead atoms. The van der Waals surface area contributed by atoms with E-state index in [4.69, 9.17) is 9.47 Å². The second-order valence-electron chi connectivity index (χ2n) is 9.09. The minimum absolute atomic E-state index is 0.0784. The molecule has 0 spiro atoms. The Labute approximate surface area is 196 Å². The molecule has 0 fully saturated rings. The number of amides is 1. The molecular weight excluding hydrogens is 436 g/mol. The molecule has 2 N–H and O–H groups in total. The SMILES string of the molecule is COc1ccc2[nH]c(=O)c3sccc3c2c1-c1ccc([C@@H](C)CNC(=O)OC(C)(C)C)cc1. The van der Waals surface area contributed by atoms with Crippen LogP contribution in [0.25, 0.3) is 32.1 Å². The number of carbonyl (C=O) groups is 1. The van der Waals surface area contributed by atoms with E-state index in [-0.39, 0.29) is 11.5 Å². The summed E-state index contributed by atoms with van der Waals surface area (Å²) in [6.07, 6.45) is -0.416. The fourth-order valence-corrected chi connectivity index (χ4v) is 4.73. The smallest absolute Gasteiger partial charge is 0.407 e. The van der Waals surface area contributed by atoms with Crippen molar-refractivity contribution in [2.24, 2.45) is 0 Å². The van der Waals surface area contributed by atoms with Gasteiger partial charge in [-0.1, -0.05) is 31.2 Å². The number of aromatic amines is 1. The normalized spacial score (nSPS) is 12.6. The van der Waals surface area contributed by atoms with Crippen molar-refractivity contribution >= 4 is 38.4 Å². The van der Waals surface area contributed by atoms with Gasteiger partial charge in [0, 0.05) is 28.4 Å². The maximum atomic E-state index is 12.4. The van der Waals surface area contributed by atoms with Crippen LogP contribution in [-0.4, -0.2) is 30.3 Å². The molecule has 4 rings (SSSR count). The van der Waals surface area contributed by atoms with Crippen molar-refractivity contribution in [3.8, 4) is 16.9 Å². The number of carbonyl (C=O) groups excluding carboxylic acids is 1. The number of H-pyrrole nitrogens is 1. The van der Waals surface area contributed by atoms with Crippen LogP contribution in [0.5, 0.6) is 5.75 Å². The Balaban J connectivity index is 1.66. The van der Waals surface area contributed by atoms with Crippen molar-refractivity contribution in [2.45, 2.75) is 39.2 Å². The van der Waals surface area contributed by atoms with Crippen LogP contribution in [0, 0.1) is 0 Å². The predicted molar refractivity (Wildman–Crippen MR) is 135 cm³/mol. The highest BCUT2D eigenvalue weighted by Crippen LogP contribution is 2.40. The summed E-state index contributed by atoms with van der Waals surface area (Å²) in [6, 6.07) is 14.0. The molecule has 172 valence electrons. The van der Waals surface area contributed by atoms with E-state index in [1.165, 1.54) is 11.3 Å². The first-order valence-corrected chi connectivity index (χ1v) is 11.7. The van der Waals surface area contributed by atoms with Gasteiger partial charge in [-0.3, -0.25) is 4.79 Å². The lowest BCUT2D eigenvalue weighted by Crippen LogP contribution is -2.34. The number of hydrogen-bond acceptors (Lipinski definition) is 5. The van der Waals surface area contributed by atoms with E-state index < -0.39 is 11.7 Å². The number of rotatable bonds is 5. The number of fused-ring (bicyclic) bond motifs is 3. The molecule has 0 aliphatic heterocycles. The van der Waals surface area contributed by atoms with E-state index in [1.54, 1.807) is 7.11 Å². The van der Waals surface area contributed by atoms with Crippen LogP contribution in [0.4, 0.5) is 4.79 Å². The van der Waals surface area contributed by atoms with Crippen LogP contribution in [0.3, 0.4) is 0 Å². The molecule has 0 aliphatic carbocycles. The van der Waals surface area contributed by atoms with Crippen molar-refractivity contribution < 1.29 is 14.3 Å². The highest BCUT2D eigenvalue weighted by molar-refractivity contribution is 7.17. The number of ether oxygens (including phenoxy) is 2. The summed E-state index contributed by atoms with van der Waals surface area (Å²) in [5.41, 5.74) is 3.22. The van der Waals surface area contributed by atoms with Crippen molar-refractivity contribution in [3.05, 3.63) is 63.8 Å². The van der Waals surface area contributed by atoms with Gasteiger partial charge in [-0.2, -0.15) is 0 Å². The standard InChI is InChI=1S/C26H28N2O4S/c1-15(14-27-25(30)32-26(2,3)4)16-6-8-17(9-7-16)21-20(31-5)11-10-19-22(21)18-12-13-33-23(18)24(29)28-19/h6-13,15H,14H2,1-5H3,(H,27,30)(H,28,29)/t15-/m0/s1.